The van der Waals surface area contributed by atoms with Gasteiger partial charge in [0.15, 0.2) is 17.2 Å². The molecule has 3 aliphatic carbocycles. The van der Waals surface area contributed by atoms with Gasteiger partial charge >= 0.3 is 0 Å². The van der Waals surface area contributed by atoms with E-state index in [1.165, 1.54) is 25.1 Å². The summed E-state index contributed by atoms with van der Waals surface area (Å²) in [4.78, 5) is 42.7. The standard InChI is InChI=1S/C29H37NO8/c1-7-11-28(3,4)12-16(32)19-25(35)22(30(5)6)21-24(34)17-13(2)14-9-8-10-15(31)18(14)23(33)20(17)27(37)29(21,38)26(19)36/h8-10,13,17,21-22,24,31,33-34,36,38H,7,11-12H2,1-6H3/t13-,17+,21+,22-,24-,29+/m0/s1. The number of carbonyl (C=O) groups excluding carboxylic acids is 3. The van der Waals surface area contributed by atoms with Gasteiger partial charge in [0.2, 0.25) is 5.78 Å². The number of aliphatic hydroxyl groups is 4. The topological polar surface area (TPSA) is 156 Å². The first-order valence-corrected chi connectivity index (χ1v) is 13.0. The average Bonchev–Trinajstić information content (AvgIpc) is 2.80. The van der Waals surface area contributed by atoms with Gasteiger partial charge in [-0.15, -0.1) is 0 Å². The smallest absolute Gasteiger partial charge is 0.202 e. The molecule has 0 unspecified atom stereocenters. The van der Waals surface area contributed by atoms with Crippen LogP contribution in [0.3, 0.4) is 0 Å². The van der Waals surface area contributed by atoms with Gasteiger partial charge < -0.3 is 25.5 Å². The maximum Gasteiger partial charge on any atom is 0.202 e. The number of Topliss-reactive ketones (excluding diaryl/α,β-unsaturated/α-hetero) is 3. The van der Waals surface area contributed by atoms with Crippen molar-refractivity contribution >= 4 is 23.1 Å². The van der Waals surface area contributed by atoms with Crippen LogP contribution in [0, 0.1) is 17.3 Å². The fourth-order valence-electron chi connectivity index (χ4n) is 6.90. The van der Waals surface area contributed by atoms with E-state index >= 15 is 0 Å². The number of aromatic hydroxyl groups is 1. The van der Waals surface area contributed by atoms with Crippen LogP contribution in [0.15, 0.2) is 35.1 Å². The van der Waals surface area contributed by atoms with Crippen molar-refractivity contribution in [2.24, 2.45) is 17.3 Å². The van der Waals surface area contributed by atoms with Crippen LogP contribution in [0.2, 0.25) is 0 Å². The minimum Gasteiger partial charge on any atom is -0.508 e. The van der Waals surface area contributed by atoms with Crippen LogP contribution in [0.25, 0.3) is 5.76 Å². The molecule has 4 rings (SSSR count). The lowest BCUT2D eigenvalue weighted by Gasteiger charge is -2.54. The van der Waals surface area contributed by atoms with E-state index in [0.29, 0.717) is 12.0 Å². The van der Waals surface area contributed by atoms with Crippen LogP contribution in [0.4, 0.5) is 0 Å². The van der Waals surface area contributed by atoms with Gasteiger partial charge in [0.25, 0.3) is 0 Å². The fraction of sp³-hybridized carbons (Fsp3) is 0.552. The van der Waals surface area contributed by atoms with E-state index in [2.05, 4.69) is 0 Å². The Kier molecular flexibility index (Phi) is 6.87. The van der Waals surface area contributed by atoms with Gasteiger partial charge in [-0.1, -0.05) is 46.2 Å². The van der Waals surface area contributed by atoms with Gasteiger partial charge in [-0.3, -0.25) is 19.3 Å². The molecule has 1 fully saturated rings. The van der Waals surface area contributed by atoms with Crippen LogP contribution in [-0.4, -0.2) is 79.6 Å². The van der Waals surface area contributed by atoms with Crippen LogP contribution in [0.1, 0.15) is 64.0 Å². The first-order chi connectivity index (χ1) is 17.6. The number of fused-ring (bicyclic) bond motifs is 3. The van der Waals surface area contributed by atoms with Crippen molar-refractivity contribution in [3.8, 4) is 5.75 Å². The second-order valence-corrected chi connectivity index (χ2v) is 11.9. The number of nitrogens with zero attached hydrogens (tertiary/aromatic N) is 1. The highest BCUT2D eigenvalue weighted by Gasteiger charge is 2.68. The van der Waals surface area contributed by atoms with Gasteiger partial charge in [-0.25, -0.2) is 0 Å². The molecule has 9 heteroatoms. The fourth-order valence-corrected chi connectivity index (χ4v) is 6.90. The maximum atomic E-state index is 14.1. The molecule has 0 spiro atoms. The molecule has 1 aromatic rings. The SMILES string of the molecule is CCCC(C)(C)CC(=O)C1=C(O)[C@@]2(O)C(=O)C3=C(O)c4c(O)cccc4[C@H](C)[C@H]3[C@H](O)[C@H]2[C@H](N(C)C)C1=O. The molecule has 0 radical (unpaired) electrons. The molecule has 0 aliphatic heterocycles. The van der Waals surface area contributed by atoms with Crippen molar-refractivity contribution < 1.29 is 39.9 Å². The molecule has 3 aliphatic rings. The number of phenols is 1. The van der Waals surface area contributed by atoms with E-state index in [-0.39, 0.29) is 23.3 Å². The Morgan fingerprint density at radius 3 is 2.34 bits per heavy atom. The van der Waals surface area contributed by atoms with Crippen LogP contribution in [0.5, 0.6) is 5.75 Å². The first kappa shape index (κ1) is 28.0. The number of aliphatic hydroxyl groups excluding tert-OH is 3. The van der Waals surface area contributed by atoms with E-state index in [0.717, 1.165) is 6.42 Å². The highest BCUT2D eigenvalue weighted by molar-refractivity contribution is 6.25. The summed E-state index contributed by atoms with van der Waals surface area (Å²) in [6.45, 7) is 7.39. The van der Waals surface area contributed by atoms with Gasteiger partial charge in [-0.2, -0.15) is 0 Å². The Bertz CT molecular complexity index is 1280. The largest absolute Gasteiger partial charge is 0.508 e. The van der Waals surface area contributed by atoms with E-state index in [9.17, 15) is 39.9 Å². The highest BCUT2D eigenvalue weighted by Crippen LogP contribution is 2.56. The second kappa shape index (κ2) is 9.32. The summed E-state index contributed by atoms with van der Waals surface area (Å²) in [6.07, 6.45) is -0.200. The molecule has 0 amide bonds. The lowest BCUT2D eigenvalue weighted by molar-refractivity contribution is -0.169. The minimum absolute atomic E-state index is 0.00554. The molecule has 38 heavy (non-hydrogen) atoms. The van der Waals surface area contributed by atoms with Crippen molar-refractivity contribution in [2.75, 3.05) is 14.1 Å². The summed E-state index contributed by atoms with van der Waals surface area (Å²) >= 11 is 0. The zero-order valence-corrected chi connectivity index (χ0v) is 22.6. The third-order valence-corrected chi connectivity index (χ3v) is 8.59. The molecule has 6 atom stereocenters. The lowest BCUT2D eigenvalue weighted by atomic mass is 9.54. The van der Waals surface area contributed by atoms with Gasteiger partial charge in [0, 0.05) is 17.9 Å². The number of likely N-dealkylation sites (N-methyl/N-ethyl adjacent to an activating group) is 1. The summed E-state index contributed by atoms with van der Waals surface area (Å²) < 4.78 is 0. The maximum absolute atomic E-state index is 14.1. The summed E-state index contributed by atoms with van der Waals surface area (Å²) in [5.74, 6) is -7.71. The average molecular weight is 528 g/mol. The molecule has 0 saturated heterocycles. The molecular weight excluding hydrogens is 490 g/mol. The number of phenolic OH excluding ortho intramolecular Hbond substituents is 1. The number of rotatable bonds is 6. The summed E-state index contributed by atoms with van der Waals surface area (Å²) in [6, 6.07) is 3.28. The van der Waals surface area contributed by atoms with Crippen LogP contribution in [-0.2, 0) is 14.4 Å². The summed E-state index contributed by atoms with van der Waals surface area (Å²) in [5.41, 5.74) is -3.86. The van der Waals surface area contributed by atoms with E-state index in [4.69, 9.17) is 0 Å². The van der Waals surface area contributed by atoms with Crippen molar-refractivity contribution in [3.63, 3.8) is 0 Å². The molecule has 206 valence electrons. The Balaban J connectivity index is 1.97. The Morgan fingerprint density at radius 1 is 1.13 bits per heavy atom. The number of carbonyl (C=O) groups is 3. The molecule has 0 aromatic heterocycles. The number of ketones is 3. The highest BCUT2D eigenvalue weighted by atomic mass is 16.4. The molecule has 0 heterocycles. The zero-order chi connectivity index (χ0) is 28.5. The molecule has 1 saturated carbocycles. The van der Waals surface area contributed by atoms with Crippen molar-refractivity contribution in [2.45, 2.75) is 70.6 Å². The number of hydrogen-bond donors (Lipinski definition) is 5. The zero-order valence-electron chi connectivity index (χ0n) is 22.6. The predicted molar refractivity (Wildman–Crippen MR) is 139 cm³/mol. The third-order valence-electron chi connectivity index (χ3n) is 8.59. The second-order valence-electron chi connectivity index (χ2n) is 11.9. The van der Waals surface area contributed by atoms with Crippen LogP contribution < -0.4 is 0 Å². The molecule has 1 aromatic carbocycles. The Hall–Kier alpha value is -3.01. The third kappa shape index (κ3) is 3.82. The van der Waals surface area contributed by atoms with E-state index in [1.54, 1.807) is 19.1 Å². The summed E-state index contributed by atoms with van der Waals surface area (Å²) in [7, 11) is 3.07. The predicted octanol–water partition coefficient (Wildman–Crippen LogP) is 2.80. The molecule has 5 N–H and O–H groups in total. The minimum atomic E-state index is -2.84. The monoisotopic (exact) mass is 527 g/mol. The molecular formula is C29H37NO8. The summed E-state index contributed by atoms with van der Waals surface area (Å²) in [5, 5.41) is 56.6. The van der Waals surface area contributed by atoms with Crippen molar-refractivity contribution in [1.82, 2.24) is 4.90 Å². The van der Waals surface area contributed by atoms with Crippen LogP contribution >= 0.6 is 0 Å². The van der Waals surface area contributed by atoms with E-state index < -0.39 is 75.4 Å². The van der Waals surface area contributed by atoms with E-state index in [1.807, 2.05) is 20.8 Å². The van der Waals surface area contributed by atoms with Crippen molar-refractivity contribution in [1.29, 1.82) is 0 Å². The normalized spacial score (nSPS) is 31.3. The number of hydrogen-bond acceptors (Lipinski definition) is 9. The lowest BCUT2D eigenvalue weighted by Crippen LogP contribution is -2.70. The van der Waals surface area contributed by atoms with Gasteiger partial charge in [-0.05, 0) is 43.5 Å². The Morgan fingerprint density at radius 2 is 1.76 bits per heavy atom. The molecule has 9 nitrogen and oxygen atoms in total. The molecule has 0 bridgehead atoms. The quantitative estimate of drug-likeness (QED) is 0.351. The Labute approximate surface area is 222 Å². The first-order valence-electron chi connectivity index (χ1n) is 13.0. The van der Waals surface area contributed by atoms with Gasteiger partial charge in [0.05, 0.1) is 23.6 Å². The van der Waals surface area contributed by atoms with Crippen molar-refractivity contribution in [3.05, 3.63) is 46.2 Å². The van der Waals surface area contributed by atoms with Gasteiger partial charge in [0.1, 0.15) is 22.8 Å². The number of benzene rings is 1.